The predicted molar refractivity (Wildman–Crippen MR) is 110 cm³/mol. The smallest absolute Gasteiger partial charge is 0.204 e. The van der Waals surface area contributed by atoms with Crippen LogP contribution in [-0.2, 0) is 0 Å². The van der Waals surface area contributed by atoms with E-state index in [0.29, 0.717) is 0 Å². The molecule has 0 radical (unpaired) electrons. The van der Waals surface area contributed by atoms with E-state index in [1.165, 1.54) is 0 Å². The van der Waals surface area contributed by atoms with Gasteiger partial charge in [0.15, 0.2) is 81.4 Å². The lowest BCUT2D eigenvalue weighted by Gasteiger charge is -2.36. The Kier molecular flexibility index (Phi) is 7.91. The molecule has 0 aromatic heterocycles. The summed E-state index contributed by atoms with van der Waals surface area (Å²) in [5, 5.41) is 0. The third-order valence-corrected chi connectivity index (χ3v) is 8.42. The Balaban J connectivity index is 2.72. The van der Waals surface area contributed by atoms with E-state index in [1.807, 2.05) is 0 Å². The number of hydrogen-bond acceptors (Lipinski definition) is 0. The molecule has 0 aliphatic rings. The summed E-state index contributed by atoms with van der Waals surface area (Å²) >= 11 is 0. The Morgan fingerprint density at radius 2 is 0.564 bits per heavy atom. The van der Waals surface area contributed by atoms with E-state index >= 15 is 0 Å². The van der Waals surface area contributed by atoms with Crippen LogP contribution in [-0.4, -0.2) is 14.8 Å². The summed E-state index contributed by atoms with van der Waals surface area (Å²) in [6.07, 6.45) is 0. The Morgan fingerprint density at radius 3 is 0.795 bits per heavy atom. The zero-order valence-electron chi connectivity index (χ0n) is 19.3. The molecule has 0 spiro atoms. The molecule has 0 aliphatic carbocycles. The molecule has 0 bridgehead atoms. The summed E-state index contributed by atoms with van der Waals surface area (Å²) in [7, 11) is -4.05. The lowest BCUT2D eigenvalue weighted by Crippen LogP contribution is -2.60. The van der Waals surface area contributed by atoms with Gasteiger partial charge in [0.2, 0.25) is 12.5 Å². The van der Waals surface area contributed by atoms with Crippen LogP contribution in [0.3, 0.4) is 0 Å². The third-order valence-electron chi connectivity index (χ3n) is 5.93. The fraction of sp³-hybridized carbons (Fsp3) is 0.182. The SMILES string of the molecule is C[Si](C)(C)C(B(c1c(F)c(F)c(F)c(F)c1F)c1c(F)c(F)c(F)c(F)c1F)c1c(F)c(F)c(F)c(F)c1F. The first kappa shape index (κ1) is 30.4. The lowest BCUT2D eigenvalue weighted by atomic mass is 9.36. The summed E-state index contributed by atoms with van der Waals surface area (Å²) in [6, 6.07) is 0. The van der Waals surface area contributed by atoms with Crippen molar-refractivity contribution >= 4 is 25.7 Å². The molecule has 0 nitrogen and oxygen atoms in total. The second-order valence-corrected chi connectivity index (χ2v) is 14.6. The van der Waals surface area contributed by atoms with Gasteiger partial charge in [-0.15, -0.1) is 0 Å². The summed E-state index contributed by atoms with van der Waals surface area (Å²) in [6.45, 7) is -0.610. The average Bonchev–Trinajstić information content (AvgIpc) is 2.87. The van der Waals surface area contributed by atoms with Crippen molar-refractivity contribution in [3.8, 4) is 0 Å². The molecule has 210 valence electrons. The van der Waals surface area contributed by atoms with Crippen molar-refractivity contribution in [2.45, 2.75) is 25.1 Å². The molecular formula is C22H10BF15Si. The summed E-state index contributed by atoms with van der Waals surface area (Å²) in [4.78, 5) is 0. The monoisotopic (exact) mass is 598 g/mol. The van der Waals surface area contributed by atoms with E-state index in [0.717, 1.165) is 19.6 Å². The van der Waals surface area contributed by atoms with Gasteiger partial charge in [0.25, 0.3) is 0 Å². The maximum absolute atomic E-state index is 15.0. The zero-order valence-corrected chi connectivity index (χ0v) is 20.3. The van der Waals surface area contributed by atoms with Crippen LogP contribution in [0.15, 0.2) is 0 Å². The Morgan fingerprint density at radius 1 is 0.359 bits per heavy atom. The molecule has 0 fully saturated rings. The molecule has 3 aromatic carbocycles. The van der Waals surface area contributed by atoms with Crippen molar-refractivity contribution < 1.29 is 65.9 Å². The predicted octanol–water partition coefficient (Wildman–Crippen LogP) is 6.58. The van der Waals surface area contributed by atoms with E-state index in [4.69, 9.17) is 0 Å². The average molecular weight is 598 g/mol. The fourth-order valence-corrected chi connectivity index (χ4v) is 6.71. The van der Waals surface area contributed by atoms with Gasteiger partial charge in [-0.25, -0.2) is 65.9 Å². The second kappa shape index (κ2) is 10.1. The highest BCUT2D eigenvalue weighted by molar-refractivity contribution is 6.99. The molecule has 0 heterocycles. The maximum Gasteiger partial charge on any atom is 0.230 e. The molecule has 0 N–H and O–H groups in total. The minimum absolute atomic E-state index is 0.931. The van der Waals surface area contributed by atoms with Crippen LogP contribution in [0, 0.1) is 87.3 Å². The van der Waals surface area contributed by atoms with Crippen molar-refractivity contribution in [1.82, 2.24) is 0 Å². The van der Waals surface area contributed by atoms with Crippen LogP contribution < -0.4 is 10.9 Å². The van der Waals surface area contributed by atoms with Crippen molar-refractivity contribution in [3.63, 3.8) is 0 Å². The van der Waals surface area contributed by atoms with Crippen LogP contribution in [0.4, 0.5) is 65.9 Å². The quantitative estimate of drug-likeness (QED) is 0.135. The third kappa shape index (κ3) is 4.57. The standard InChI is InChI=1S/C22H10BF15Si/c1-39(2,3)22(4-7(24)13(30)19(36)14(31)8(4)25)23(5-9(26)15(32)20(37)16(33)10(5)27)6-11(28)17(34)21(38)18(35)12(6)29/h22H,1-3H3. The highest BCUT2D eigenvalue weighted by Crippen LogP contribution is 2.38. The van der Waals surface area contributed by atoms with Gasteiger partial charge in [-0.3, -0.25) is 0 Å². The minimum Gasteiger partial charge on any atom is -0.204 e. The van der Waals surface area contributed by atoms with Gasteiger partial charge in [0.05, 0.1) is 0 Å². The molecule has 3 aromatic rings. The van der Waals surface area contributed by atoms with E-state index in [1.54, 1.807) is 0 Å². The van der Waals surface area contributed by atoms with Gasteiger partial charge >= 0.3 is 0 Å². The van der Waals surface area contributed by atoms with E-state index in [-0.39, 0.29) is 0 Å². The zero-order chi connectivity index (χ0) is 30.0. The first-order valence-electron chi connectivity index (χ1n) is 10.3. The number of halogens is 15. The molecule has 0 saturated carbocycles. The summed E-state index contributed by atoms with van der Waals surface area (Å²) in [5.74, 6) is -42.2. The first-order chi connectivity index (χ1) is 17.8. The molecular weight excluding hydrogens is 588 g/mol. The molecule has 0 amide bonds. The topological polar surface area (TPSA) is 0 Å². The Hall–Kier alpha value is -3.11. The van der Waals surface area contributed by atoms with Crippen molar-refractivity contribution in [2.75, 3.05) is 0 Å². The van der Waals surface area contributed by atoms with Gasteiger partial charge in [-0.1, -0.05) is 19.6 Å². The van der Waals surface area contributed by atoms with E-state index in [2.05, 4.69) is 0 Å². The van der Waals surface area contributed by atoms with Crippen LogP contribution in [0.2, 0.25) is 19.6 Å². The highest BCUT2D eigenvalue weighted by atomic mass is 28.3. The Labute approximate surface area is 210 Å². The Bertz CT molecular complexity index is 1360. The van der Waals surface area contributed by atoms with E-state index < -0.39 is 124 Å². The highest BCUT2D eigenvalue weighted by Gasteiger charge is 2.51. The normalized spacial score (nSPS) is 12.8. The first-order valence-corrected chi connectivity index (χ1v) is 13.9. The van der Waals surface area contributed by atoms with Crippen molar-refractivity contribution in [1.29, 1.82) is 0 Å². The van der Waals surface area contributed by atoms with E-state index in [9.17, 15) is 65.9 Å². The second-order valence-electron chi connectivity index (χ2n) is 9.27. The van der Waals surface area contributed by atoms with Gasteiger partial charge in [-0.2, -0.15) is 0 Å². The van der Waals surface area contributed by atoms with Gasteiger partial charge in [0, 0.05) is 24.6 Å². The van der Waals surface area contributed by atoms with Gasteiger partial charge < -0.3 is 0 Å². The summed E-state index contributed by atoms with van der Waals surface area (Å²) < 4.78 is 216. The van der Waals surface area contributed by atoms with Crippen LogP contribution in [0.5, 0.6) is 0 Å². The summed E-state index contributed by atoms with van der Waals surface area (Å²) in [5.41, 5.74) is -9.52. The number of hydrogen-bond donors (Lipinski definition) is 0. The van der Waals surface area contributed by atoms with Crippen LogP contribution in [0.1, 0.15) is 11.0 Å². The van der Waals surface area contributed by atoms with Crippen LogP contribution in [0.25, 0.3) is 0 Å². The molecule has 1 atom stereocenters. The van der Waals surface area contributed by atoms with Crippen molar-refractivity contribution in [3.05, 3.63) is 92.8 Å². The minimum atomic E-state index is -4.05. The fourth-order valence-electron chi connectivity index (χ4n) is 4.26. The maximum atomic E-state index is 15.0. The van der Waals surface area contributed by atoms with Gasteiger partial charge in [0.1, 0.15) is 0 Å². The molecule has 0 saturated heterocycles. The van der Waals surface area contributed by atoms with Gasteiger partial charge in [-0.05, 0) is 5.44 Å². The lowest BCUT2D eigenvalue weighted by molar-refractivity contribution is 0.371. The molecule has 39 heavy (non-hydrogen) atoms. The number of rotatable bonds is 5. The number of benzene rings is 3. The largest absolute Gasteiger partial charge is 0.230 e. The molecule has 0 aliphatic heterocycles. The molecule has 3 rings (SSSR count). The van der Waals surface area contributed by atoms with Crippen molar-refractivity contribution in [2.24, 2.45) is 0 Å². The molecule has 17 heteroatoms. The molecule has 1 unspecified atom stereocenters. The van der Waals surface area contributed by atoms with Crippen LogP contribution >= 0.6 is 0 Å².